The number of nitrogens with one attached hydrogen (secondary N) is 1. The summed E-state index contributed by atoms with van der Waals surface area (Å²) in [5, 5.41) is 11.1. The van der Waals surface area contributed by atoms with Gasteiger partial charge in [-0.25, -0.2) is 9.78 Å². The number of rotatable bonds is 2. The van der Waals surface area contributed by atoms with Gasteiger partial charge in [0, 0.05) is 47.0 Å². The van der Waals surface area contributed by atoms with E-state index in [9.17, 15) is 9.90 Å². The summed E-state index contributed by atoms with van der Waals surface area (Å²) in [5.41, 5.74) is 5.08. The molecule has 0 bridgehead atoms. The summed E-state index contributed by atoms with van der Waals surface area (Å²) >= 11 is 0. The topological polar surface area (TPSA) is 70.9 Å². The second-order valence-corrected chi connectivity index (χ2v) is 5.78. The molecule has 3 aromatic heterocycles. The van der Waals surface area contributed by atoms with Crippen LogP contribution in [0.5, 0.6) is 0 Å². The van der Waals surface area contributed by atoms with Crippen molar-refractivity contribution in [1.29, 1.82) is 0 Å². The predicted octanol–water partition coefficient (Wildman–Crippen LogP) is 3.73. The van der Waals surface area contributed by atoms with Crippen molar-refractivity contribution in [2.24, 2.45) is 7.05 Å². The molecule has 0 saturated heterocycles. The van der Waals surface area contributed by atoms with Crippen molar-refractivity contribution >= 4 is 27.9 Å². The maximum Gasteiger partial charge on any atom is 0.336 e. The zero-order valence-electron chi connectivity index (χ0n) is 12.8. The van der Waals surface area contributed by atoms with Crippen molar-refractivity contribution in [2.75, 3.05) is 0 Å². The van der Waals surface area contributed by atoms with Crippen LogP contribution in [0.1, 0.15) is 15.9 Å². The van der Waals surface area contributed by atoms with E-state index in [0.29, 0.717) is 11.0 Å². The quantitative estimate of drug-likeness (QED) is 0.593. The first-order chi connectivity index (χ1) is 11.0. The normalized spacial score (nSPS) is 11.4. The molecular formula is C18H15N3O2. The zero-order valence-corrected chi connectivity index (χ0v) is 12.8. The van der Waals surface area contributed by atoms with Gasteiger partial charge in [0.05, 0.1) is 5.56 Å². The number of benzene rings is 1. The van der Waals surface area contributed by atoms with Crippen LogP contribution in [-0.4, -0.2) is 25.6 Å². The average Bonchev–Trinajstić information content (AvgIpc) is 3.07. The molecule has 0 radical (unpaired) electrons. The molecule has 0 fully saturated rings. The van der Waals surface area contributed by atoms with Crippen molar-refractivity contribution in [1.82, 2.24) is 14.5 Å². The van der Waals surface area contributed by atoms with Gasteiger partial charge < -0.3 is 14.7 Å². The Bertz CT molecular complexity index is 1070. The molecule has 114 valence electrons. The van der Waals surface area contributed by atoms with E-state index in [4.69, 9.17) is 0 Å². The summed E-state index contributed by atoms with van der Waals surface area (Å²) in [5.74, 6) is -0.947. The molecule has 0 unspecified atom stereocenters. The maximum absolute atomic E-state index is 11.4. The molecule has 5 heteroatoms. The van der Waals surface area contributed by atoms with Crippen molar-refractivity contribution < 1.29 is 9.90 Å². The first-order valence-corrected chi connectivity index (χ1v) is 7.31. The van der Waals surface area contributed by atoms with E-state index in [1.807, 2.05) is 13.1 Å². The Morgan fingerprint density at radius 1 is 1.22 bits per heavy atom. The number of hydrogen-bond acceptors (Lipinski definition) is 2. The first kappa shape index (κ1) is 13.6. The number of hydrogen-bond donors (Lipinski definition) is 2. The summed E-state index contributed by atoms with van der Waals surface area (Å²) in [6.07, 6.45) is 3.56. The Hall–Kier alpha value is -3.08. The largest absolute Gasteiger partial charge is 0.478 e. The predicted molar refractivity (Wildman–Crippen MR) is 89.7 cm³/mol. The van der Waals surface area contributed by atoms with Crippen LogP contribution >= 0.6 is 0 Å². The number of pyridine rings is 1. The SMILES string of the molecule is Cc1ccc2c(c1)c(-c1cc3c(C(=O)O)ccnc3[nH]1)cn2C. The van der Waals surface area contributed by atoms with E-state index in [0.717, 1.165) is 22.2 Å². The Balaban J connectivity index is 2.02. The van der Waals surface area contributed by atoms with Crippen molar-refractivity contribution in [3.8, 4) is 11.3 Å². The molecule has 4 aromatic rings. The third-order valence-corrected chi connectivity index (χ3v) is 4.20. The average molecular weight is 305 g/mol. The Morgan fingerprint density at radius 3 is 2.83 bits per heavy atom. The van der Waals surface area contributed by atoms with Crippen LogP contribution in [0.4, 0.5) is 0 Å². The van der Waals surface area contributed by atoms with E-state index in [1.165, 1.54) is 17.8 Å². The lowest BCUT2D eigenvalue weighted by molar-refractivity contribution is 0.0699. The molecule has 0 aliphatic heterocycles. The van der Waals surface area contributed by atoms with Gasteiger partial charge >= 0.3 is 5.97 Å². The van der Waals surface area contributed by atoms with Gasteiger partial charge in [-0.1, -0.05) is 11.6 Å². The standard InChI is InChI=1S/C18H15N3O2/c1-10-3-4-16-12(7-10)14(9-21(16)2)15-8-13-11(18(22)23)5-6-19-17(13)20-15/h3-9H,1-2H3,(H,19,20)(H,22,23). The highest BCUT2D eigenvalue weighted by molar-refractivity contribution is 6.05. The fraction of sp³-hybridized carbons (Fsp3) is 0.111. The van der Waals surface area contributed by atoms with Gasteiger partial charge in [-0.15, -0.1) is 0 Å². The highest BCUT2D eigenvalue weighted by Crippen LogP contribution is 2.32. The smallest absolute Gasteiger partial charge is 0.336 e. The van der Waals surface area contributed by atoms with Gasteiger partial charge in [-0.2, -0.15) is 0 Å². The van der Waals surface area contributed by atoms with Crippen molar-refractivity contribution in [2.45, 2.75) is 6.92 Å². The fourth-order valence-electron chi connectivity index (χ4n) is 3.08. The highest BCUT2D eigenvalue weighted by atomic mass is 16.4. The number of aryl methyl sites for hydroxylation is 2. The Morgan fingerprint density at radius 2 is 2.04 bits per heavy atom. The van der Waals surface area contributed by atoms with Gasteiger partial charge in [0.25, 0.3) is 0 Å². The first-order valence-electron chi connectivity index (χ1n) is 7.31. The van der Waals surface area contributed by atoms with Gasteiger partial charge in [-0.05, 0) is 31.2 Å². The van der Waals surface area contributed by atoms with Crippen LogP contribution in [0.25, 0.3) is 33.2 Å². The molecule has 0 aliphatic carbocycles. The van der Waals surface area contributed by atoms with Crippen LogP contribution in [0.3, 0.4) is 0 Å². The molecule has 23 heavy (non-hydrogen) atoms. The lowest BCUT2D eigenvalue weighted by Crippen LogP contribution is -1.96. The van der Waals surface area contributed by atoms with Crippen LogP contribution < -0.4 is 0 Å². The number of nitrogens with zero attached hydrogens (tertiary/aromatic N) is 2. The molecule has 0 aliphatic rings. The van der Waals surface area contributed by atoms with Gasteiger partial charge in [-0.3, -0.25) is 0 Å². The Labute approximate surface area is 132 Å². The number of aromatic carboxylic acids is 1. The van der Waals surface area contributed by atoms with Crippen molar-refractivity contribution in [3.63, 3.8) is 0 Å². The number of aromatic amines is 1. The maximum atomic E-state index is 11.4. The number of aromatic nitrogens is 3. The summed E-state index contributed by atoms with van der Waals surface area (Å²) in [7, 11) is 2.00. The van der Waals surface area contributed by atoms with Gasteiger partial charge in [0.1, 0.15) is 5.65 Å². The second kappa shape index (κ2) is 4.71. The molecule has 0 atom stereocenters. The lowest BCUT2D eigenvalue weighted by atomic mass is 10.1. The Kier molecular flexibility index (Phi) is 2.78. The summed E-state index contributed by atoms with van der Waals surface area (Å²) in [6.45, 7) is 2.06. The lowest BCUT2D eigenvalue weighted by Gasteiger charge is -1.98. The molecule has 0 amide bonds. The minimum Gasteiger partial charge on any atom is -0.478 e. The van der Waals surface area contributed by atoms with Crippen LogP contribution in [0, 0.1) is 6.92 Å². The summed E-state index contributed by atoms with van der Waals surface area (Å²) in [6, 6.07) is 9.71. The zero-order chi connectivity index (χ0) is 16.1. The van der Waals surface area contributed by atoms with Crippen LogP contribution in [0.15, 0.2) is 42.7 Å². The van der Waals surface area contributed by atoms with Crippen LogP contribution in [0.2, 0.25) is 0 Å². The van der Waals surface area contributed by atoms with Crippen LogP contribution in [-0.2, 0) is 7.05 Å². The molecule has 5 nitrogen and oxygen atoms in total. The van der Waals surface area contributed by atoms with E-state index >= 15 is 0 Å². The molecule has 4 rings (SSSR count). The minimum atomic E-state index is -0.947. The summed E-state index contributed by atoms with van der Waals surface area (Å²) < 4.78 is 2.07. The number of carboxylic acids is 1. The molecular weight excluding hydrogens is 290 g/mol. The molecule has 0 saturated carbocycles. The van der Waals surface area contributed by atoms with Gasteiger partial charge in [0.2, 0.25) is 0 Å². The third kappa shape index (κ3) is 2.01. The highest BCUT2D eigenvalue weighted by Gasteiger charge is 2.15. The fourth-order valence-corrected chi connectivity index (χ4v) is 3.08. The minimum absolute atomic E-state index is 0.258. The summed E-state index contributed by atoms with van der Waals surface area (Å²) in [4.78, 5) is 18.9. The number of fused-ring (bicyclic) bond motifs is 2. The third-order valence-electron chi connectivity index (χ3n) is 4.20. The second-order valence-electron chi connectivity index (χ2n) is 5.78. The van der Waals surface area contributed by atoms with Crippen molar-refractivity contribution in [3.05, 3.63) is 53.9 Å². The number of H-pyrrole nitrogens is 1. The van der Waals surface area contributed by atoms with E-state index in [2.05, 4.69) is 45.9 Å². The molecule has 0 spiro atoms. The molecule has 1 aromatic carbocycles. The van der Waals surface area contributed by atoms with E-state index in [1.54, 1.807) is 0 Å². The van der Waals surface area contributed by atoms with Gasteiger partial charge in [0.15, 0.2) is 0 Å². The number of carboxylic acid groups (broad SMARTS) is 1. The van der Waals surface area contributed by atoms with E-state index < -0.39 is 5.97 Å². The molecule has 3 heterocycles. The number of carbonyl (C=O) groups is 1. The van der Waals surface area contributed by atoms with E-state index in [-0.39, 0.29) is 5.56 Å². The monoisotopic (exact) mass is 305 g/mol. The molecule has 2 N–H and O–H groups in total.